The van der Waals surface area contributed by atoms with Crippen LogP contribution in [-0.4, -0.2) is 15.6 Å². The lowest BCUT2D eigenvalue weighted by Gasteiger charge is -2.28. The van der Waals surface area contributed by atoms with E-state index in [1.54, 1.807) is 0 Å². The van der Waals surface area contributed by atoms with Gasteiger partial charge in [-0.05, 0) is 30.4 Å². The third-order valence-electron chi connectivity index (χ3n) is 4.03. The van der Waals surface area contributed by atoms with Crippen molar-refractivity contribution in [1.82, 2.24) is 4.57 Å². The van der Waals surface area contributed by atoms with Crippen LogP contribution in [0.3, 0.4) is 0 Å². The number of benzene rings is 1. The maximum Gasteiger partial charge on any atom is 0.328 e. The molecule has 0 unspecified atom stereocenters. The Bertz CT molecular complexity index is 662. The molecule has 0 aliphatic heterocycles. The maximum absolute atomic E-state index is 11.1. The molecule has 1 aliphatic rings. The molecule has 0 atom stereocenters. The van der Waals surface area contributed by atoms with Crippen LogP contribution in [0.4, 0.5) is 0 Å². The summed E-state index contributed by atoms with van der Waals surface area (Å²) in [6, 6.07) is 8.15. The van der Waals surface area contributed by atoms with Gasteiger partial charge < -0.3 is 9.67 Å². The summed E-state index contributed by atoms with van der Waals surface area (Å²) in [4.78, 5) is 11.1. The van der Waals surface area contributed by atoms with Crippen molar-refractivity contribution in [2.24, 2.45) is 13.0 Å². The van der Waals surface area contributed by atoms with E-state index in [1.165, 1.54) is 12.5 Å². The van der Waals surface area contributed by atoms with Gasteiger partial charge in [-0.1, -0.05) is 24.6 Å². The van der Waals surface area contributed by atoms with Crippen molar-refractivity contribution >= 4 is 22.4 Å². The first kappa shape index (κ1) is 12.0. The van der Waals surface area contributed by atoms with E-state index < -0.39 is 5.97 Å². The number of nitrogens with zero attached hydrogens (tertiary/aromatic N) is 1. The fraction of sp³-hybridized carbons (Fsp3) is 0.312. The predicted octanol–water partition coefficient (Wildman–Crippen LogP) is 3.45. The summed E-state index contributed by atoms with van der Waals surface area (Å²) in [5.74, 6) is -0.447. The average Bonchev–Trinajstić information content (AvgIpc) is 2.64. The van der Waals surface area contributed by atoms with Gasteiger partial charge in [-0.2, -0.15) is 0 Å². The fourth-order valence-corrected chi connectivity index (χ4v) is 2.84. The molecule has 19 heavy (non-hydrogen) atoms. The van der Waals surface area contributed by atoms with E-state index in [0.717, 1.165) is 34.9 Å². The van der Waals surface area contributed by atoms with Crippen molar-refractivity contribution in [3.63, 3.8) is 0 Å². The van der Waals surface area contributed by atoms with E-state index in [9.17, 15) is 4.79 Å². The second-order valence-corrected chi connectivity index (χ2v) is 5.24. The average molecular weight is 255 g/mol. The molecule has 0 saturated heterocycles. The van der Waals surface area contributed by atoms with Crippen LogP contribution in [0.15, 0.2) is 36.5 Å². The summed E-state index contributed by atoms with van der Waals surface area (Å²) in [6.07, 6.45) is 6.85. The molecular weight excluding hydrogens is 238 g/mol. The summed E-state index contributed by atoms with van der Waals surface area (Å²) < 4.78 is 2.07. The number of fused-ring (bicyclic) bond motifs is 1. The molecule has 3 heteroatoms. The number of rotatable bonds is 3. The largest absolute Gasteiger partial charge is 0.478 e. The number of aliphatic carboxylic acids is 1. The lowest BCUT2D eigenvalue weighted by atomic mass is 9.77. The number of carboxylic acid groups (broad SMARTS) is 1. The quantitative estimate of drug-likeness (QED) is 0.853. The van der Waals surface area contributed by atoms with Crippen LogP contribution in [0.2, 0.25) is 0 Å². The lowest BCUT2D eigenvalue weighted by Crippen LogP contribution is -2.14. The Morgan fingerprint density at radius 1 is 1.37 bits per heavy atom. The second-order valence-electron chi connectivity index (χ2n) is 5.24. The van der Waals surface area contributed by atoms with Crippen molar-refractivity contribution in [2.45, 2.75) is 19.3 Å². The van der Waals surface area contributed by atoms with Gasteiger partial charge in [0.1, 0.15) is 0 Å². The van der Waals surface area contributed by atoms with Gasteiger partial charge in [0.05, 0.1) is 0 Å². The van der Waals surface area contributed by atoms with Gasteiger partial charge in [-0.25, -0.2) is 4.79 Å². The first-order valence-electron chi connectivity index (χ1n) is 6.66. The zero-order valence-corrected chi connectivity index (χ0v) is 11.0. The number of hydrogen-bond acceptors (Lipinski definition) is 1. The van der Waals surface area contributed by atoms with Gasteiger partial charge in [-0.15, -0.1) is 0 Å². The Labute approximate surface area is 112 Å². The van der Waals surface area contributed by atoms with Gasteiger partial charge in [0.25, 0.3) is 0 Å². The summed E-state index contributed by atoms with van der Waals surface area (Å²) >= 11 is 0. The zero-order valence-electron chi connectivity index (χ0n) is 11.0. The van der Waals surface area contributed by atoms with Crippen molar-refractivity contribution in [2.75, 3.05) is 0 Å². The molecule has 3 nitrogen and oxygen atoms in total. The third-order valence-corrected chi connectivity index (χ3v) is 4.03. The molecule has 0 spiro atoms. The van der Waals surface area contributed by atoms with Crippen LogP contribution in [0.25, 0.3) is 16.5 Å². The molecule has 0 amide bonds. The van der Waals surface area contributed by atoms with Crippen LogP contribution in [0.5, 0.6) is 0 Å². The van der Waals surface area contributed by atoms with Crippen molar-refractivity contribution < 1.29 is 9.90 Å². The molecule has 1 saturated carbocycles. The first-order chi connectivity index (χ1) is 9.16. The van der Waals surface area contributed by atoms with Gasteiger partial charge in [-0.3, -0.25) is 0 Å². The zero-order chi connectivity index (χ0) is 13.4. The Balaban J connectivity index is 2.17. The monoisotopic (exact) mass is 255 g/mol. The standard InChI is InChI=1S/C16H17NO2/c1-17-10-14(12-7-2-3-8-15(12)17)13(9-16(18)19)11-5-4-6-11/h2-3,7-11H,4-6H2,1H3,(H,18,19)/b13-9+. The Hall–Kier alpha value is -2.03. The smallest absolute Gasteiger partial charge is 0.328 e. The Morgan fingerprint density at radius 2 is 2.11 bits per heavy atom. The number of para-hydroxylation sites is 1. The number of allylic oxidation sites excluding steroid dienone is 1. The number of aryl methyl sites for hydroxylation is 1. The van der Waals surface area contributed by atoms with Crippen LogP contribution >= 0.6 is 0 Å². The van der Waals surface area contributed by atoms with Gasteiger partial charge in [0, 0.05) is 35.8 Å². The van der Waals surface area contributed by atoms with Gasteiger partial charge in [0.2, 0.25) is 0 Å². The summed E-state index contributed by atoms with van der Waals surface area (Å²) in [5, 5.41) is 10.3. The number of carbonyl (C=O) groups is 1. The normalized spacial score (nSPS) is 16.6. The van der Waals surface area contributed by atoms with Crippen LogP contribution in [0.1, 0.15) is 24.8 Å². The predicted molar refractivity (Wildman–Crippen MR) is 75.9 cm³/mol. The summed E-state index contributed by atoms with van der Waals surface area (Å²) in [5.41, 5.74) is 3.20. The molecule has 3 rings (SSSR count). The molecule has 2 aromatic rings. The fourth-order valence-electron chi connectivity index (χ4n) is 2.84. The Kier molecular flexibility index (Phi) is 2.90. The van der Waals surface area contributed by atoms with Crippen LogP contribution < -0.4 is 0 Å². The summed E-state index contributed by atoms with van der Waals surface area (Å²) in [7, 11) is 2.00. The van der Waals surface area contributed by atoms with Crippen molar-refractivity contribution in [1.29, 1.82) is 0 Å². The van der Waals surface area contributed by atoms with Crippen LogP contribution in [0, 0.1) is 5.92 Å². The molecule has 1 heterocycles. The highest BCUT2D eigenvalue weighted by molar-refractivity contribution is 5.99. The minimum Gasteiger partial charge on any atom is -0.478 e. The number of carboxylic acids is 1. The van der Waals surface area contributed by atoms with E-state index >= 15 is 0 Å². The molecule has 0 bridgehead atoms. The molecule has 1 fully saturated rings. The highest BCUT2D eigenvalue weighted by Crippen LogP contribution is 2.41. The molecule has 98 valence electrons. The highest BCUT2D eigenvalue weighted by Gasteiger charge is 2.25. The van der Waals surface area contributed by atoms with Gasteiger partial charge in [0.15, 0.2) is 0 Å². The topological polar surface area (TPSA) is 42.2 Å². The molecule has 1 aliphatic carbocycles. The minimum absolute atomic E-state index is 0.405. The number of aromatic nitrogens is 1. The SMILES string of the molecule is Cn1cc(/C(=C/C(=O)O)C2CCC2)c2ccccc21. The van der Waals surface area contributed by atoms with Crippen LogP contribution in [-0.2, 0) is 11.8 Å². The molecule has 1 aromatic heterocycles. The maximum atomic E-state index is 11.1. The lowest BCUT2D eigenvalue weighted by molar-refractivity contribution is -0.131. The second kappa shape index (κ2) is 4.57. The first-order valence-corrected chi connectivity index (χ1v) is 6.66. The Morgan fingerprint density at radius 3 is 2.74 bits per heavy atom. The van der Waals surface area contributed by atoms with E-state index in [4.69, 9.17) is 5.11 Å². The van der Waals surface area contributed by atoms with Crippen molar-refractivity contribution in [3.8, 4) is 0 Å². The van der Waals surface area contributed by atoms with Crippen molar-refractivity contribution in [3.05, 3.63) is 42.1 Å². The van der Waals surface area contributed by atoms with E-state index in [-0.39, 0.29) is 0 Å². The molecule has 0 radical (unpaired) electrons. The van der Waals surface area contributed by atoms with E-state index in [1.807, 2.05) is 19.2 Å². The molecular formula is C16H17NO2. The van der Waals surface area contributed by atoms with Gasteiger partial charge >= 0.3 is 5.97 Å². The number of hydrogen-bond donors (Lipinski definition) is 1. The van der Waals surface area contributed by atoms with E-state index in [0.29, 0.717) is 5.92 Å². The minimum atomic E-state index is -0.852. The van der Waals surface area contributed by atoms with E-state index in [2.05, 4.69) is 22.9 Å². The molecule has 1 N–H and O–H groups in total. The summed E-state index contributed by atoms with van der Waals surface area (Å²) in [6.45, 7) is 0. The molecule has 1 aromatic carbocycles. The third kappa shape index (κ3) is 2.05. The highest BCUT2D eigenvalue weighted by atomic mass is 16.4.